The SMILES string of the molecule is CC(C)CC(C)(C)[C@H](C)O[C@@H](CNS(C)(=O)=O)COC(=O)CN(C)C. The van der Waals surface area contributed by atoms with Gasteiger partial charge in [0, 0.05) is 6.54 Å². The van der Waals surface area contributed by atoms with Crippen LogP contribution in [0.2, 0.25) is 0 Å². The summed E-state index contributed by atoms with van der Waals surface area (Å²) < 4.78 is 36.4. The van der Waals surface area contributed by atoms with Crippen LogP contribution in [-0.4, -0.2) is 71.5 Å². The zero-order valence-electron chi connectivity index (χ0n) is 17.0. The number of likely N-dealkylation sites (N-methyl/N-ethyl adjacent to an activating group) is 1. The largest absolute Gasteiger partial charge is 0.462 e. The van der Waals surface area contributed by atoms with E-state index in [9.17, 15) is 13.2 Å². The monoisotopic (exact) mass is 380 g/mol. The van der Waals surface area contributed by atoms with Crippen molar-refractivity contribution < 1.29 is 22.7 Å². The predicted octanol–water partition coefficient (Wildman–Crippen LogP) is 1.49. The van der Waals surface area contributed by atoms with Gasteiger partial charge in [0.05, 0.1) is 18.9 Å². The van der Waals surface area contributed by atoms with Crippen molar-refractivity contribution in [2.24, 2.45) is 11.3 Å². The highest BCUT2D eigenvalue weighted by Gasteiger charge is 2.30. The van der Waals surface area contributed by atoms with E-state index in [1.165, 1.54) is 0 Å². The Kier molecular flexibility index (Phi) is 10.2. The van der Waals surface area contributed by atoms with Gasteiger partial charge in [0.1, 0.15) is 12.7 Å². The Balaban J connectivity index is 4.85. The molecule has 0 saturated carbocycles. The van der Waals surface area contributed by atoms with Crippen LogP contribution in [-0.2, 0) is 24.3 Å². The second kappa shape index (κ2) is 10.4. The molecule has 0 aliphatic rings. The van der Waals surface area contributed by atoms with Gasteiger partial charge in [-0.1, -0.05) is 27.7 Å². The summed E-state index contributed by atoms with van der Waals surface area (Å²) in [5.41, 5.74) is -0.0782. The van der Waals surface area contributed by atoms with Gasteiger partial charge in [-0.3, -0.25) is 9.69 Å². The van der Waals surface area contributed by atoms with Crippen LogP contribution >= 0.6 is 0 Å². The second-order valence-electron chi connectivity index (χ2n) is 8.03. The maximum Gasteiger partial charge on any atom is 0.320 e. The molecule has 8 heteroatoms. The lowest BCUT2D eigenvalue weighted by atomic mass is 9.79. The van der Waals surface area contributed by atoms with Gasteiger partial charge < -0.3 is 9.47 Å². The molecule has 0 aromatic heterocycles. The molecule has 25 heavy (non-hydrogen) atoms. The summed E-state index contributed by atoms with van der Waals surface area (Å²) in [6.07, 6.45) is 1.41. The number of esters is 1. The molecule has 0 saturated heterocycles. The van der Waals surface area contributed by atoms with Gasteiger partial charge in [-0.25, -0.2) is 13.1 Å². The van der Waals surface area contributed by atoms with Crippen LogP contribution in [0.25, 0.3) is 0 Å². The Bertz CT molecular complexity index is 503. The Hall–Kier alpha value is -0.700. The normalized spacial score (nSPS) is 15.4. The van der Waals surface area contributed by atoms with E-state index in [-0.39, 0.29) is 37.2 Å². The fourth-order valence-electron chi connectivity index (χ4n) is 2.57. The quantitative estimate of drug-likeness (QED) is 0.516. The number of nitrogens with one attached hydrogen (secondary N) is 1. The summed E-state index contributed by atoms with van der Waals surface area (Å²) in [4.78, 5) is 13.4. The summed E-state index contributed by atoms with van der Waals surface area (Å²) in [6.45, 7) is 10.8. The van der Waals surface area contributed by atoms with E-state index in [2.05, 4.69) is 32.4 Å². The average molecular weight is 381 g/mol. The molecular formula is C17H36N2O5S. The Labute approximate surface area is 153 Å². The minimum Gasteiger partial charge on any atom is -0.462 e. The molecule has 0 aromatic carbocycles. The van der Waals surface area contributed by atoms with Crippen molar-refractivity contribution in [2.45, 2.75) is 53.2 Å². The molecule has 7 nitrogen and oxygen atoms in total. The Morgan fingerprint density at radius 3 is 2.20 bits per heavy atom. The highest BCUT2D eigenvalue weighted by atomic mass is 32.2. The van der Waals surface area contributed by atoms with Gasteiger partial charge in [-0.2, -0.15) is 0 Å². The Morgan fingerprint density at radius 2 is 1.76 bits per heavy atom. The van der Waals surface area contributed by atoms with Crippen molar-refractivity contribution in [3.63, 3.8) is 0 Å². The third kappa shape index (κ3) is 12.3. The van der Waals surface area contributed by atoms with E-state index in [0.717, 1.165) is 12.7 Å². The highest BCUT2D eigenvalue weighted by molar-refractivity contribution is 7.88. The number of rotatable bonds is 12. The summed E-state index contributed by atoms with van der Waals surface area (Å²) in [5.74, 6) is 0.151. The van der Waals surface area contributed by atoms with Crippen LogP contribution in [0, 0.1) is 11.3 Å². The molecule has 0 aromatic rings. The fraction of sp³-hybridized carbons (Fsp3) is 0.941. The second-order valence-corrected chi connectivity index (χ2v) is 9.86. The van der Waals surface area contributed by atoms with Crippen molar-refractivity contribution in [1.82, 2.24) is 9.62 Å². The van der Waals surface area contributed by atoms with Crippen LogP contribution < -0.4 is 4.72 Å². The molecule has 0 aliphatic heterocycles. The van der Waals surface area contributed by atoms with Crippen molar-refractivity contribution in [1.29, 1.82) is 0 Å². The van der Waals surface area contributed by atoms with Gasteiger partial charge in [0.25, 0.3) is 0 Å². The van der Waals surface area contributed by atoms with Gasteiger partial charge in [-0.05, 0) is 38.8 Å². The minimum absolute atomic E-state index is 0.0112. The maximum absolute atomic E-state index is 11.7. The van der Waals surface area contributed by atoms with Gasteiger partial charge in [-0.15, -0.1) is 0 Å². The zero-order chi connectivity index (χ0) is 19.8. The summed E-state index contributed by atoms with van der Waals surface area (Å²) in [7, 11) is 0.204. The van der Waals surface area contributed by atoms with Gasteiger partial charge in [0.2, 0.25) is 10.0 Å². The first kappa shape index (κ1) is 24.3. The molecule has 0 aliphatic carbocycles. The number of carbonyl (C=O) groups is 1. The van der Waals surface area contributed by atoms with Crippen molar-refractivity contribution >= 4 is 16.0 Å². The smallest absolute Gasteiger partial charge is 0.320 e. The van der Waals surface area contributed by atoms with E-state index in [1.807, 2.05) is 6.92 Å². The summed E-state index contributed by atoms with van der Waals surface area (Å²) >= 11 is 0. The first-order valence-electron chi connectivity index (χ1n) is 8.63. The van der Waals surface area contributed by atoms with Crippen LogP contribution in [0.1, 0.15) is 41.0 Å². The van der Waals surface area contributed by atoms with E-state index >= 15 is 0 Å². The first-order valence-corrected chi connectivity index (χ1v) is 10.5. The molecule has 0 bridgehead atoms. The van der Waals surface area contributed by atoms with Crippen molar-refractivity contribution in [3.05, 3.63) is 0 Å². The standard InChI is InChI=1S/C17H36N2O5S/c1-13(2)9-17(4,5)14(3)24-15(10-18-25(8,21)22)12-23-16(20)11-19(6)7/h13-15,18H,9-12H2,1-8H3/t14-,15-/m0/s1. The molecule has 0 unspecified atom stereocenters. The molecule has 0 amide bonds. The fourth-order valence-corrected chi connectivity index (χ4v) is 3.06. The number of carbonyl (C=O) groups excluding carboxylic acids is 1. The van der Waals surface area contributed by atoms with Crippen molar-refractivity contribution in [3.8, 4) is 0 Å². The van der Waals surface area contributed by atoms with Gasteiger partial charge in [0.15, 0.2) is 0 Å². The molecule has 1 N–H and O–H groups in total. The molecule has 0 radical (unpaired) electrons. The lowest BCUT2D eigenvalue weighted by Gasteiger charge is -2.35. The number of hydrogen-bond donors (Lipinski definition) is 1. The van der Waals surface area contributed by atoms with Crippen LogP contribution in [0.15, 0.2) is 0 Å². The summed E-state index contributed by atoms with van der Waals surface area (Å²) in [5, 5.41) is 0. The number of sulfonamides is 1. The lowest BCUT2D eigenvalue weighted by molar-refractivity contribution is -0.152. The molecule has 2 atom stereocenters. The van der Waals surface area contributed by atoms with Crippen LogP contribution in [0.5, 0.6) is 0 Å². The van der Waals surface area contributed by atoms with E-state index in [0.29, 0.717) is 5.92 Å². The zero-order valence-corrected chi connectivity index (χ0v) is 17.8. The van der Waals surface area contributed by atoms with Crippen molar-refractivity contribution in [2.75, 3.05) is 40.0 Å². The molecular weight excluding hydrogens is 344 g/mol. The predicted molar refractivity (Wildman–Crippen MR) is 99.9 cm³/mol. The minimum atomic E-state index is -3.35. The maximum atomic E-state index is 11.7. The highest BCUT2D eigenvalue weighted by Crippen LogP contribution is 2.31. The van der Waals surface area contributed by atoms with E-state index in [1.54, 1.807) is 19.0 Å². The topological polar surface area (TPSA) is 84.9 Å². The first-order chi connectivity index (χ1) is 11.2. The van der Waals surface area contributed by atoms with E-state index < -0.39 is 16.1 Å². The molecule has 150 valence electrons. The number of nitrogens with zero attached hydrogens (tertiary/aromatic N) is 1. The average Bonchev–Trinajstić information content (AvgIpc) is 2.38. The van der Waals surface area contributed by atoms with E-state index in [4.69, 9.17) is 9.47 Å². The molecule has 0 rings (SSSR count). The third-order valence-corrected chi connectivity index (χ3v) is 4.57. The number of ether oxygens (including phenoxy) is 2. The molecule has 0 heterocycles. The van der Waals surface area contributed by atoms with Crippen LogP contribution in [0.4, 0.5) is 0 Å². The number of hydrogen-bond acceptors (Lipinski definition) is 6. The summed E-state index contributed by atoms with van der Waals surface area (Å²) in [6, 6.07) is 0. The molecule has 0 spiro atoms. The third-order valence-electron chi connectivity index (χ3n) is 3.88. The van der Waals surface area contributed by atoms with Crippen LogP contribution in [0.3, 0.4) is 0 Å². The lowest BCUT2D eigenvalue weighted by Crippen LogP contribution is -2.42. The molecule has 0 fully saturated rings. The van der Waals surface area contributed by atoms with Gasteiger partial charge >= 0.3 is 5.97 Å². The Morgan fingerprint density at radius 1 is 1.20 bits per heavy atom.